The molecule has 1 heterocycles. The zero-order valence-electron chi connectivity index (χ0n) is 12.2. The second-order valence-electron chi connectivity index (χ2n) is 4.77. The summed E-state index contributed by atoms with van der Waals surface area (Å²) in [7, 11) is 1.93. The van der Waals surface area contributed by atoms with Crippen molar-refractivity contribution >= 4 is 5.82 Å². The summed E-state index contributed by atoms with van der Waals surface area (Å²) < 4.78 is 0. The predicted octanol–water partition coefficient (Wildman–Crippen LogP) is 3.38. The van der Waals surface area contributed by atoms with E-state index in [-0.39, 0.29) is 0 Å². The first-order chi connectivity index (χ1) is 8.74. The fraction of sp³-hybridized carbons (Fsp3) is 0.667. The topological polar surface area (TPSA) is 28.2 Å². The van der Waals surface area contributed by atoms with Crippen LogP contribution in [0.1, 0.15) is 39.2 Å². The molecule has 0 aromatic carbocycles. The van der Waals surface area contributed by atoms with Crippen molar-refractivity contribution in [3.8, 4) is 0 Å². The van der Waals surface area contributed by atoms with E-state index in [1.165, 1.54) is 24.9 Å². The molecule has 0 saturated heterocycles. The third kappa shape index (κ3) is 4.30. The summed E-state index contributed by atoms with van der Waals surface area (Å²) in [6, 6.07) is 4.18. The maximum atomic E-state index is 4.37. The fourth-order valence-electron chi connectivity index (χ4n) is 2.25. The minimum Gasteiger partial charge on any atom is -0.373 e. The van der Waals surface area contributed by atoms with Gasteiger partial charge in [0.05, 0.1) is 0 Å². The number of hydrogen-bond acceptors (Lipinski definition) is 3. The van der Waals surface area contributed by atoms with E-state index in [1.807, 2.05) is 19.3 Å². The Morgan fingerprint density at radius 3 is 2.56 bits per heavy atom. The van der Waals surface area contributed by atoms with Gasteiger partial charge >= 0.3 is 0 Å². The lowest BCUT2D eigenvalue weighted by Gasteiger charge is -2.25. The lowest BCUT2D eigenvalue weighted by atomic mass is 10.0. The molecule has 3 heteroatoms. The van der Waals surface area contributed by atoms with E-state index in [2.05, 4.69) is 42.0 Å². The molecule has 0 aliphatic rings. The van der Waals surface area contributed by atoms with E-state index in [1.54, 1.807) is 0 Å². The van der Waals surface area contributed by atoms with Crippen LogP contribution in [0.5, 0.6) is 0 Å². The van der Waals surface area contributed by atoms with Crippen LogP contribution in [0.25, 0.3) is 0 Å². The van der Waals surface area contributed by atoms with E-state index in [4.69, 9.17) is 0 Å². The zero-order chi connectivity index (χ0) is 13.4. The average molecular weight is 249 g/mol. The maximum absolute atomic E-state index is 4.37. The van der Waals surface area contributed by atoms with Gasteiger partial charge in [0.25, 0.3) is 0 Å². The van der Waals surface area contributed by atoms with Crippen LogP contribution in [-0.2, 0) is 6.54 Å². The molecule has 0 unspecified atom stereocenters. The molecule has 0 amide bonds. The van der Waals surface area contributed by atoms with Gasteiger partial charge in [0.1, 0.15) is 5.82 Å². The first-order valence-electron chi connectivity index (χ1n) is 7.09. The Bertz CT molecular complexity index is 334. The highest BCUT2D eigenvalue weighted by molar-refractivity contribution is 5.42. The fourth-order valence-corrected chi connectivity index (χ4v) is 2.25. The smallest absolute Gasteiger partial charge is 0.130 e. The first-order valence-corrected chi connectivity index (χ1v) is 7.09. The largest absolute Gasteiger partial charge is 0.373 e. The van der Waals surface area contributed by atoms with Crippen LogP contribution in [-0.4, -0.2) is 30.0 Å². The number of nitrogens with one attached hydrogen (secondary N) is 1. The summed E-state index contributed by atoms with van der Waals surface area (Å²) in [6.45, 7) is 10.1. The van der Waals surface area contributed by atoms with Gasteiger partial charge in [-0.25, -0.2) is 4.98 Å². The molecule has 18 heavy (non-hydrogen) atoms. The lowest BCUT2D eigenvalue weighted by Crippen LogP contribution is -2.29. The monoisotopic (exact) mass is 249 g/mol. The molecule has 0 fully saturated rings. The number of rotatable bonds is 8. The van der Waals surface area contributed by atoms with Crippen molar-refractivity contribution in [2.45, 2.75) is 40.2 Å². The van der Waals surface area contributed by atoms with Crippen LogP contribution in [0.15, 0.2) is 18.3 Å². The summed E-state index contributed by atoms with van der Waals surface area (Å²) in [5.41, 5.74) is 1.29. The van der Waals surface area contributed by atoms with E-state index in [9.17, 15) is 0 Å². The van der Waals surface area contributed by atoms with E-state index < -0.39 is 0 Å². The number of aromatic nitrogens is 1. The molecule has 102 valence electrons. The minimum absolute atomic E-state index is 0.805. The van der Waals surface area contributed by atoms with Gasteiger partial charge in [-0.05, 0) is 18.5 Å². The van der Waals surface area contributed by atoms with Crippen molar-refractivity contribution in [3.05, 3.63) is 23.9 Å². The van der Waals surface area contributed by atoms with Crippen LogP contribution in [0.4, 0.5) is 5.82 Å². The van der Waals surface area contributed by atoms with Crippen molar-refractivity contribution in [1.82, 2.24) is 9.88 Å². The van der Waals surface area contributed by atoms with Crippen LogP contribution in [0.2, 0.25) is 0 Å². The molecule has 0 aliphatic heterocycles. The third-order valence-electron chi connectivity index (χ3n) is 3.64. The van der Waals surface area contributed by atoms with Crippen LogP contribution >= 0.6 is 0 Å². The van der Waals surface area contributed by atoms with Gasteiger partial charge in [0.2, 0.25) is 0 Å². The van der Waals surface area contributed by atoms with E-state index >= 15 is 0 Å². The van der Waals surface area contributed by atoms with Gasteiger partial charge in [-0.3, -0.25) is 4.90 Å². The van der Waals surface area contributed by atoms with E-state index in [0.717, 1.165) is 24.8 Å². The number of nitrogens with zero attached hydrogens (tertiary/aromatic N) is 2. The minimum atomic E-state index is 0.805. The van der Waals surface area contributed by atoms with Crippen molar-refractivity contribution < 1.29 is 0 Å². The zero-order valence-corrected chi connectivity index (χ0v) is 12.2. The Balaban J connectivity index is 2.67. The molecule has 1 rings (SSSR count). The Morgan fingerprint density at radius 1 is 1.28 bits per heavy atom. The molecule has 0 saturated carbocycles. The first kappa shape index (κ1) is 15.0. The second kappa shape index (κ2) is 8.09. The van der Waals surface area contributed by atoms with Crippen LogP contribution in [0, 0.1) is 5.92 Å². The lowest BCUT2D eigenvalue weighted by molar-refractivity contribution is 0.226. The van der Waals surface area contributed by atoms with Gasteiger partial charge in [0.15, 0.2) is 0 Å². The molecule has 0 bridgehead atoms. The number of pyridine rings is 1. The highest BCUT2D eigenvalue weighted by Gasteiger charge is 2.12. The Labute approximate surface area is 112 Å². The third-order valence-corrected chi connectivity index (χ3v) is 3.64. The molecular weight excluding hydrogens is 222 g/mol. The predicted molar refractivity (Wildman–Crippen MR) is 78.8 cm³/mol. The second-order valence-corrected chi connectivity index (χ2v) is 4.77. The van der Waals surface area contributed by atoms with Crippen molar-refractivity contribution in [1.29, 1.82) is 0 Å². The molecule has 0 spiro atoms. The summed E-state index contributed by atoms with van der Waals surface area (Å²) in [5.74, 6) is 1.81. The van der Waals surface area contributed by atoms with Crippen molar-refractivity contribution in [2.75, 3.05) is 25.5 Å². The molecule has 1 aromatic heterocycles. The SMILES string of the molecule is CCC(CC)CN(CC)Cc1cccnc1NC. The van der Waals surface area contributed by atoms with Gasteiger partial charge in [0, 0.05) is 31.9 Å². The molecule has 0 radical (unpaired) electrons. The van der Waals surface area contributed by atoms with Crippen molar-refractivity contribution in [3.63, 3.8) is 0 Å². The summed E-state index contributed by atoms with van der Waals surface area (Å²) in [4.78, 5) is 6.88. The molecule has 0 aliphatic carbocycles. The summed E-state index contributed by atoms with van der Waals surface area (Å²) >= 11 is 0. The highest BCUT2D eigenvalue weighted by Crippen LogP contribution is 2.16. The molecule has 1 N–H and O–H groups in total. The molecular formula is C15H27N3. The Hall–Kier alpha value is -1.09. The Kier molecular flexibility index (Phi) is 6.73. The quantitative estimate of drug-likeness (QED) is 0.765. The van der Waals surface area contributed by atoms with Crippen LogP contribution in [0.3, 0.4) is 0 Å². The Morgan fingerprint density at radius 2 is 2.00 bits per heavy atom. The van der Waals surface area contributed by atoms with Gasteiger partial charge in [-0.1, -0.05) is 39.7 Å². The van der Waals surface area contributed by atoms with Gasteiger partial charge < -0.3 is 5.32 Å². The number of anilines is 1. The standard InChI is InChI=1S/C15H27N3/c1-5-13(6-2)11-18(7-3)12-14-9-8-10-17-15(14)16-4/h8-10,13H,5-7,11-12H2,1-4H3,(H,16,17). The molecule has 3 nitrogen and oxygen atoms in total. The van der Waals surface area contributed by atoms with Gasteiger partial charge in [-0.2, -0.15) is 0 Å². The molecule has 1 aromatic rings. The normalized spacial score (nSPS) is 11.2. The number of hydrogen-bond donors (Lipinski definition) is 1. The highest BCUT2D eigenvalue weighted by atomic mass is 15.1. The van der Waals surface area contributed by atoms with E-state index in [0.29, 0.717) is 0 Å². The van der Waals surface area contributed by atoms with Gasteiger partial charge in [-0.15, -0.1) is 0 Å². The molecule has 0 atom stereocenters. The van der Waals surface area contributed by atoms with Crippen LogP contribution < -0.4 is 5.32 Å². The van der Waals surface area contributed by atoms with Crippen molar-refractivity contribution in [2.24, 2.45) is 5.92 Å². The maximum Gasteiger partial charge on any atom is 0.130 e. The summed E-state index contributed by atoms with van der Waals surface area (Å²) in [5, 5.41) is 3.17. The average Bonchev–Trinajstić information content (AvgIpc) is 2.43. The summed E-state index contributed by atoms with van der Waals surface area (Å²) in [6.07, 6.45) is 4.37.